The van der Waals surface area contributed by atoms with E-state index in [0.717, 1.165) is 18.5 Å². The number of benzene rings is 1. The van der Waals surface area contributed by atoms with Crippen LogP contribution in [0, 0.1) is 0 Å². The lowest BCUT2D eigenvalue weighted by molar-refractivity contribution is -0.121. The molecule has 1 aromatic carbocycles. The Morgan fingerprint density at radius 2 is 2.00 bits per heavy atom. The maximum atomic E-state index is 11.7. The van der Waals surface area contributed by atoms with Gasteiger partial charge in [0, 0.05) is 30.0 Å². The maximum absolute atomic E-state index is 11.7. The summed E-state index contributed by atoms with van der Waals surface area (Å²) in [5, 5.41) is 11.5. The van der Waals surface area contributed by atoms with Gasteiger partial charge in [-0.15, -0.1) is 10.2 Å². The molecular weight excluding hydrogens is 316 g/mol. The highest BCUT2D eigenvalue weighted by atomic mass is 35.5. The van der Waals surface area contributed by atoms with E-state index < -0.39 is 0 Å². The first-order chi connectivity index (χ1) is 11.0. The molecule has 6 nitrogen and oxygen atoms in total. The molecule has 1 amide bonds. The van der Waals surface area contributed by atoms with E-state index in [1.165, 1.54) is 0 Å². The first-order valence-electron chi connectivity index (χ1n) is 7.54. The smallest absolute Gasteiger partial charge is 0.247 e. The van der Waals surface area contributed by atoms with Gasteiger partial charge in [-0.2, -0.15) is 0 Å². The Hall–Kier alpha value is -1.92. The Morgan fingerprint density at radius 1 is 1.26 bits per heavy atom. The zero-order valence-corrected chi connectivity index (χ0v) is 14.1. The van der Waals surface area contributed by atoms with E-state index in [-0.39, 0.29) is 5.91 Å². The summed E-state index contributed by atoms with van der Waals surface area (Å²) in [6, 6.07) is 7.16. The Balaban J connectivity index is 1.76. The number of nitrogens with one attached hydrogen (secondary N) is 1. The highest BCUT2D eigenvalue weighted by Gasteiger charge is 2.10. The summed E-state index contributed by atoms with van der Waals surface area (Å²) in [6.07, 6.45) is 1.70. The van der Waals surface area contributed by atoms with Crippen LogP contribution in [-0.2, 0) is 11.2 Å². The minimum Gasteiger partial charge on any atom is -0.421 e. The monoisotopic (exact) mass is 336 g/mol. The van der Waals surface area contributed by atoms with Crippen molar-refractivity contribution in [3.8, 4) is 11.5 Å². The van der Waals surface area contributed by atoms with Crippen LogP contribution < -0.4 is 5.32 Å². The summed E-state index contributed by atoms with van der Waals surface area (Å²) >= 11 is 5.84. The lowest BCUT2D eigenvalue weighted by Gasteiger charge is -2.09. The average molecular weight is 337 g/mol. The number of aromatic nitrogens is 2. The molecule has 0 atom stereocenters. The van der Waals surface area contributed by atoms with Crippen molar-refractivity contribution in [2.45, 2.75) is 19.3 Å². The normalized spacial score (nSPS) is 11.0. The molecule has 0 radical (unpaired) electrons. The van der Waals surface area contributed by atoms with Crippen LogP contribution in [0.4, 0.5) is 0 Å². The average Bonchev–Trinajstić information content (AvgIpc) is 2.99. The van der Waals surface area contributed by atoms with Crippen molar-refractivity contribution < 1.29 is 9.21 Å². The zero-order valence-electron chi connectivity index (χ0n) is 13.4. The van der Waals surface area contributed by atoms with E-state index in [0.29, 0.717) is 36.2 Å². The Kier molecular flexibility index (Phi) is 6.55. The second kappa shape index (κ2) is 8.64. The maximum Gasteiger partial charge on any atom is 0.247 e. The fraction of sp³-hybridized carbons (Fsp3) is 0.438. The zero-order chi connectivity index (χ0) is 16.7. The van der Waals surface area contributed by atoms with Crippen molar-refractivity contribution in [3.63, 3.8) is 0 Å². The van der Waals surface area contributed by atoms with Gasteiger partial charge in [0.1, 0.15) is 0 Å². The molecule has 0 saturated heterocycles. The first kappa shape index (κ1) is 17.4. The van der Waals surface area contributed by atoms with Gasteiger partial charge in [0.2, 0.25) is 17.7 Å². The van der Waals surface area contributed by atoms with Crippen LogP contribution in [0.3, 0.4) is 0 Å². The van der Waals surface area contributed by atoms with Gasteiger partial charge in [-0.25, -0.2) is 0 Å². The molecule has 7 heteroatoms. The summed E-state index contributed by atoms with van der Waals surface area (Å²) in [5.74, 6) is 0.886. The van der Waals surface area contributed by atoms with Crippen molar-refractivity contribution in [2.75, 3.05) is 27.2 Å². The van der Waals surface area contributed by atoms with Crippen molar-refractivity contribution in [2.24, 2.45) is 0 Å². The number of rotatable bonds is 8. The van der Waals surface area contributed by atoms with Crippen LogP contribution in [0.1, 0.15) is 18.7 Å². The second-order valence-corrected chi connectivity index (χ2v) is 5.95. The van der Waals surface area contributed by atoms with Crippen molar-refractivity contribution in [1.29, 1.82) is 0 Å². The molecular formula is C16H21ClN4O2. The van der Waals surface area contributed by atoms with E-state index in [2.05, 4.69) is 20.4 Å². The minimum absolute atomic E-state index is 0.00463. The SMILES string of the molecule is CN(C)CCCNC(=O)CCc1nnc(-c2ccc(Cl)cc2)o1. The molecule has 0 aliphatic rings. The Bertz CT molecular complexity index is 625. The fourth-order valence-corrected chi connectivity index (χ4v) is 2.12. The predicted molar refractivity (Wildman–Crippen MR) is 89.2 cm³/mol. The molecule has 1 heterocycles. The first-order valence-corrected chi connectivity index (χ1v) is 7.92. The van der Waals surface area contributed by atoms with Crippen LogP contribution >= 0.6 is 11.6 Å². The molecule has 0 fully saturated rings. The lowest BCUT2D eigenvalue weighted by Crippen LogP contribution is -2.27. The third kappa shape index (κ3) is 6.00. The number of amides is 1. The highest BCUT2D eigenvalue weighted by molar-refractivity contribution is 6.30. The van der Waals surface area contributed by atoms with Crippen molar-refractivity contribution in [1.82, 2.24) is 20.4 Å². The number of hydrogen-bond donors (Lipinski definition) is 1. The lowest BCUT2D eigenvalue weighted by atomic mass is 10.2. The molecule has 0 unspecified atom stereocenters. The van der Waals surface area contributed by atoms with E-state index in [4.69, 9.17) is 16.0 Å². The quantitative estimate of drug-likeness (QED) is 0.749. The number of carbonyl (C=O) groups excluding carboxylic acids is 1. The topological polar surface area (TPSA) is 71.3 Å². The minimum atomic E-state index is -0.00463. The standard InChI is InChI=1S/C16H21ClN4O2/c1-21(2)11-3-10-18-14(22)8-9-15-19-20-16(23-15)12-4-6-13(17)7-5-12/h4-7H,3,8-11H2,1-2H3,(H,18,22). The number of nitrogens with zero attached hydrogens (tertiary/aromatic N) is 3. The van der Waals surface area contributed by atoms with Gasteiger partial charge in [-0.3, -0.25) is 4.79 Å². The summed E-state index contributed by atoms with van der Waals surface area (Å²) < 4.78 is 5.57. The fourth-order valence-electron chi connectivity index (χ4n) is 2.00. The molecule has 2 aromatic rings. The number of halogens is 1. The van der Waals surface area contributed by atoms with Gasteiger partial charge in [-0.1, -0.05) is 11.6 Å². The summed E-state index contributed by atoms with van der Waals surface area (Å²) in [4.78, 5) is 13.8. The largest absolute Gasteiger partial charge is 0.421 e. The van der Waals surface area contributed by atoms with Crippen LogP contribution in [0.25, 0.3) is 11.5 Å². The van der Waals surface area contributed by atoms with Crippen LogP contribution in [-0.4, -0.2) is 48.2 Å². The van der Waals surface area contributed by atoms with E-state index in [9.17, 15) is 4.79 Å². The Morgan fingerprint density at radius 3 is 2.70 bits per heavy atom. The van der Waals surface area contributed by atoms with Crippen LogP contribution in [0.15, 0.2) is 28.7 Å². The molecule has 0 aliphatic heterocycles. The molecule has 124 valence electrons. The third-order valence-corrected chi connectivity index (χ3v) is 3.48. The molecule has 0 saturated carbocycles. The van der Waals surface area contributed by atoms with Gasteiger partial charge >= 0.3 is 0 Å². The summed E-state index contributed by atoms with van der Waals surface area (Å²) in [6.45, 7) is 1.63. The molecule has 1 N–H and O–H groups in total. The summed E-state index contributed by atoms with van der Waals surface area (Å²) in [5.41, 5.74) is 0.807. The molecule has 0 spiro atoms. The van der Waals surface area contributed by atoms with Gasteiger partial charge in [-0.05, 0) is 51.3 Å². The van der Waals surface area contributed by atoms with Gasteiger partial charge in [0.25, 0.3) is 0 Å². The van der Waals surface area contributed by atoms with Gasteiger partial charge in [0.05, 0.1) is 0 Å². The van der Waals surface area contributed by atoms with Gasteiger partial charge in [0.15, 0.2) is 0 Å². The van der Waals surface area contributed by atoms with Crippen molar-refractivity contribution >= 4 is 17.5 Å². The molecule has 0 bridgehead atoms. The van der Waals surface area contributed by atoms with Crippen LogP contribution in [0.5, 0.6) is 0 Å². The van der Waals surface area contributed by atoms with E-state index in [1.807, 2.05) is 26.2 Å². The number of carbonyl (C=O) groups is 1. The number of hydrogen-bond acceptors (Lipinski definition) is 5. The highest BCUT2D eigenvalue weighted by Crippen LogP contribution is 2.20. The molecule has 23 heavy (non-hydrogen) atoms. The van der Waals surface area contributed by atoms with E-state index in [1.54, 1.807) is 12.1 Å². The van der Waals surface area contributed by atoms with Crippen molar-refractivity contribution in [3.05, 3.63) is 35.2 Å². The third-order valence-electron chi connectivity index (χ3n) is 3.23. The Labute approximate surface area is 140 Å². The molecule has 0 aliphatic carbocycles. The van der Waals surface area contributed by atoms with Gasteiger partial charge < -0.3 is 14.6 Å². The number of aryl methyl sites for hydroxylation is 1. The molecule has 2 rings (SSSR count). The van der Waals surface area contributed by atoms with E-state index >= 15 is 0 Å². The summed E-state index contributed by atoms with van der Waals surface area (Å²) in [7, 11) is 4.02. The second-order valence-electron chi connectivity index (χ2n) is 5.51. The predicted octanol–water partition coefficient (Wildman–Crippen LogP) is 2.39. The molecule has 1 aromatic heterocycles. The van der Waals surface area contributed by atoms with Crippen LogP contribution in [0.2, 0.25) is 5.02 Å².